The second-order valence-electron chi connectivity index (χ2n) is 11.1. The van der Waals surface area contributed by atoms with Gasteiger partial charge in [0.05, 0.1) is 26.7 Å². The Hall–Kier alpha value is -3.91. The van der Waals surface area contributed by atoms with Crippen molar-refractivity contribution in [1.82, 2.24) is 14.9 Å². The third-order valence-electron chi connectivity index (χ3n) is 6.23. The quantitative estimate of drug-likeness (QED) is 0.234. The van der Waals surface area contributed by atoms with E-state index in [1.54, 1.807) is 29.2 Å². The third kappa shape index (κ3) is 6.93. The molecule has 3 heterocycles. The zero-order chi connectivity index (χ0) is 30.1. The lowest BCUT2D eigenvalue weighted by Crippen LogP contribution is -2.49. The third-order valence-corrected chi connectivity index (χ3v) is 7.57. The second-order valence-corrected chi connectivity index (χ2v) is 12.6. The Labute approximate surface area is 252 Å². The number of nitrogens with one attached hydrogen (secondary N) is 1. The van der Waals surface area contributed by atoms with E-state index < -0.39 is 23.5 Å². The molecule has 218 valence electrons. The molecule has 0 aliphatic carbocycles. The summed E-state index contributed by atoms with van der Waals surface area (Å²) >= 11 is 7.91. The van der Waals surface area contributed by atoms with E-state index in [0.717, 1.165) is 15.1 Å². The topological polar surface area (TPSA) is 85.8 Å². The van der Waals surface area contributed by atoms with Crippen LogP contribution in [0, 0.1) is 17.7 Å². The van der Waals surface area contributed by atoms with E-state index >= 15 is 0 Å². The normalized spacial score (nSPS) is 16.2. The number of halogens is 2. The van der Waals surface area contributed by atoms with Gasteiger partial charge in [-0.25, -0.2) is 19.2 Å². The number of hydrogen-bond donors (Lipinski definition) is 1. The minimum atomic E-state index is -0.842. The van der Waals surface area contributed by atoms with Gasteiger partial charge in [-0.2, -0.15) is 0 Å². The summed E-state index contributed by atoms with van der Waals surface area (Å²) in [6.45, 7) is 9.58. The summed E-state index contributed by atoms with van der Waals surface area (Å²) in [7, 11) is 0. The molecule has 1 fully saturated rings. The van der Waals surface area contributed by atoms with Crippen molar-refractivity contribution in [2.45, 2.75) is 58.6 Å². The molecule has 5 rings (SSSR count). The first-order valence-corrected chi connectivity index (χ1v) is 14.4. The van der Waals surface area contributed by atoms with Crippen molar-refractivity contribution in [3.8, 4) is 17.6 Å². The van der Waals surface area contributed by atoms with Crippen molar-refractivity contribution in [1.29, 1.82) is 0 Å². The van der Waals surface area contributed by atoms with Crippen molar-refractivity contribution in [2.75, 3.05) is 11.9 Å². The van der Waals surface area contributed by atoms with Crippen LogP contribution in [0.15, 0.2) is 54.9 Å². The van der Waals surface area contributed by atoms with Crippen LogP contribution in [0.4, 0.5) is 20.7 Å². The van der Waals surface area contributed by atoms with Crippen molar-refractivity contribution >= 4 is 50.8 Å². The zero-order valence-corrected chi connectivity index (χ0v) is 25.4. The lowest BCUT2D eigenvalue weighted by molar-refractivity contribution is -0.0608. The molecule has 1 amide bonds. The fourth-order valence-electron chi connectivity index (χ4n) is 4.35. The fraction of sp³-hybridized carbons (Fsp3) is 0.323. The summed E-state index contributed by atoms with van der Waals surface area (Å²) < 4.78 is 31.5. The van der Waals surface area contributed by atoms with Gasteiger partial charge >= 0.3 is 6.09 Å². The Morgan fingerprint density at radius 1 is 1.24 bits per heavy atom. The minimum Gasteiger partial charge on any atom is -0.487 e. The van der Waals surface area contributed by atoms with Crippen LogP contribution >= 0.6 is 22.9 Å². The largest absolute Gasteiger partial charge is 0.487 e. The summed E-state index contributed by atoms with van der Waals surface area (Å²) in [4.78, 5) is 24.0. The number of carbonyl (C=O) groups is 1. The number of benzene rings is 2. The molecule has 42 heavy (non-hydrogen) atoms. The highest BCUT2D eigenvalue weighted by Crippen LogP contribution is 2.34. The number of ether oxygens (including phenoxy) is 3. The van der Waals surface area contributed by atoms with Gasteiger partial charge in [-0.1, -0.05) is 35.6 Å². The smallest absolute Gasteiger partial charge is 0.413 e. The predicted octanol–water partition coefficient (Wildman–Crippen LogP) is 7.53. The first kappa shape index (κ1) is 29.6. The van der Waals surface area contributed by atoms with E-state index in [-0.39, 0.29) is 19.0 Å². The lowest BCUT2D eigenvalue weighted by atomic mass is 10.2. The number of nitrogens with zero attached hydrogens (tertiary/aromatic N) is 3. The van der Waals surface area contributed by atoms with E-state index in [1.165, 1.54) is 29.8 Å². The molecule has 1 unspecified atom stereocenters. The number of thiophene rings is 1. The second kappa shape index (κ2) is 11.8. The van der Waals surface area contributed by atoms with Crippen LogP contribution in [0.5, 0.6) is 5.75 Å². The molecule has 8 nitrogen and oxygen atoms in total. The van der Waals surface area contributed by atoms with E-state index in [0.29, 0.717) is 27.8 Å². The molecule has 0 bridgehead atoms. The number of fused-ring (bicyclic) bond motifs is 1. The number of carbonyl (C=O) groups excluding carboxylic acids is 1. The van der Waals surface area contributed by atoms with Crippen molar-refractivity contribution in [2.24, 2.45) is 0 Å². The van der Waals surface area contributed by atoms with Gasteiger partial charge in [-0.3, -0.25) is 4.90 Å². The maximum Gasteiger partial charge on any atom is 0.413 e. The molecule has 1 saturated heterocycles. The molecule has 4 aromatic rings. The van der Waals surface area contributed by atoms with Crippen molar-refractivity contribution in [3.63, 3.8) is 0 Å². The Bertz CT molecular complexity index is 1690. The molecule has 1 aliphatic rings. The van der Waals surface area contributed by atoms with E-state index in [2.05, 4.69) is 27.1 Å². The highest BCUT2D eigenvalue weighted by molar-refractivity contribution is 7.20. The van der Waals surface area contributed by atoms with Crippen LogP contribution in [-0.2, 0) is 16.1 Å². The maximum absolute atomic E-state index is 13.4. The number of aromatic nitrogens is 2. The molecular formula is C31H30ClFN4O4S. The zero-order valence-electron chi connectivity index (χ0n) is 23.8. The molecule has 2 aromatic carbocycles. The number of amides is 1. The maximum atomic E-state index is 13.4. The summed E-state index contributed by atoms with van der Waals surface area (Å²) in [6, 6.07) is 12.9. The molecule has 0 spiro atoms. The SMILES string of the molecule is CC(C)(C)OC(=O)N1C(C#Cc2cc3ncnc(Nc4ccc(OCc5cccc(F)c5)c(Cl)c4)c3s2)COC1(C)C. The monoisotopic (exact) mass is 608 g/mol. The Balaban J connectivity index is 1.31. The van der Waals surface area contributed by atoms with Gasteiger partial charge in [0.1, 0.15) is 41.9 Å². The van der Waals surface area contributed by atoms with Gasteiger partial charge in [-0.05, 0) is 76.6 Å². The standard InChI is InChI=1S/C31H30ClFN4O4S/c1-30(2,3)41-29(38)37-22(17-40-31(37,4)5)10-11-23-15-25-27(42-23)28(35-18-34-25)36-21-9-12-26(24(32)14-21)39-16-19-7-6-8-20(33)13-19/h6-9,12-15,18,22H,16-17H2,1-5H3,(H,34,35,36). The molecule has 0 saturated carbocycles. The Kier molecular flexibility index (Phi) is 8.28. The van der Waals surface area contributed by atoms with Gasteiger partial charge in [0.2, 0.25) is 0 Å². The molecule has 2 aromatic heterocycles. The predicted molar refractivity (Wildman–Crippen MR) is 162 cm³/mol. The lowest BCUT2D eigenvalue weighted by Gasteiger charge is -2.33. The summed E-state index contributed by atoms with van der Waals surface area (Å²) in [5, 5.41) is 3.69. The van der Waals surface area contributed by atoms with Gasteiger partial charge < -0.3 is 19.5 Å². The van der Waals surface area contributed by atoms with Crippen LogP contribution in [0.2, 0.25) is 5.02 Å². The molecule has 1 N–H and O–H groups in total. The van der Waals surface area contributed by atoms with Crippen LogP contribution < -0.4 is 10.1 Å². The van der Waals surface area contributed by atoms with Crippen LogP contribution in [0.3, 0.4) is 0 Å². The van der Waals surface area contributed by atoms with Gasteiger partial charge in [0, 0.05) is 5.69 Å². The van der Waals surface area contributed by atoms with Gasteiger partial charge in [-0.15, -0.1) is 11.3 Å². The minimum absolute atomic E-state index is 0.190. The first-order chi connectivity index (χ1) is 19.9. The molecule has 11 heteroatoms. The molecular weight excluding hydrogens is 579 g/mol. The Morgan fingerprint density at radius 3 is 2.79 bits per heavy atom. The summed E-state index contributed by atoms with van der Waals surface area (Å²) in [5.74, 6) is 7.12. The van der Waals surface area contributed by atoms with Gasteiger partial charge in [0.15, 0.2) is 5.82 Å². The van der Waals surface area contributed by atoms with Crippen LogP contribution in [0.1, 0.15) is 45.1 Å². The van der Waals surface area contributed by atoms with E-state index in [9.17, 15) is 9.18 Å². The number of rotatable bonds is 5. The number of anilines is 2. The summed E-state index contributed by atoms with van der Waals surface area (Å²) in [6.07, 6.45) is 1.01. The molecule has 1 aliphatic heterocycles. The average molecular weight is 609 g/mol. The summed E-state index contributed by atoms with van der Waals surface area (Å²) in [5.41, 5.74) is 0.662. The van der Waals surface area contributed by atoms with Crippen LogP contribution in [-0.4, -0.2) is 44.9 Å². The number of hydrogen-bond acceptors (Lipinski definition) is 8. The van der Waals surface area contributed by atoms with Crippen molar-refractivity contribution < 1.29 is 23.4 Å². The van der Waals surface area contributed by atoms with Crippen molar-refractivity contribution in [3.05, 3.63) is 76.1 Å². The first-order valence-electron chi connectivity index (χ1n) is 13.2. The average Bonchev–Trinajstić information content (AvgIpc) is 3.46. The van der Waals surface area contributed by atoms with Crippen LogP contribution in [0.25, 0.3) is 10.2 Å². The van der Waals surface area contributed by atoms with E-state index in [1.807, 2.05) is 46.8 Å². The highest BCUT2D eigenvalue weighted by atomic mass is 35.5. The highest BCUT2D eigenvalue weighted by Gasteiger charge is 2.45. The van der Waals surface area contributed by atoms with Gasteiger partial charge in [0.25, 0.3) is 0 Å². The molecule has 0 radical (unpaired) electrons. The van der Waals surface area contributed by atoms with E-state index in [4.69, 9.17) is 25.8 Å². The molecule has 1 atom stereocenters. The Morgan fingerprint density at radius 2 is 2.05 bits per heavy atom. The fourth-order valence-corrected chi connectivity index (χ4v) is 5.50.